The zero-order valence-electron chi connectivity index (χ0n) is 21.9. The van der Waals surface area contributed by atoms with Crippen molar-refractivity contribution in [3.05, 3.63) is 34.9 Å². The van der Waals surface area contributed by atoms with E-state index < -0.39 is 12.2 Å². The van der Waals surface area contributed by atoms with Crippen molar-refractivity contribution in [2.45, 2.75) is 111 Å². The summed E-state index contributed by atoms with van der Waals surface area (Å²) in [7, 11) is 1.64. The van der Waals surface area contributed by atoms with Crippen molar-refractivity contribution < 1.29 is 15.1 Å². The number of fused-ring (bicyclic) bond motifs is 1. The van der Waals surface area contributed by atoms with Crippen molar-refractivity contribution in [2.24, 2.45) is 27.8 Å². The monoisotopic (exact) mass is 457 g/mol. The maximum atomic E-state index is 10.0. The molecule has 3 aliphatic carbocycles. The lowest BCUT2D eigenvalue weighted by Gasteiger charge is -2.42. The lowest BCUT2D eigenvalue weighted by atomic mass is 9.62. The lowest BCUT2D eigenvalue weighted by Crippen LogP contribution is -2.32. The first kappa shape index (κ1) is 26.2. The minimum absolute atomic E-state index is 0.0466. The van der Waals surface area contributed by atoms with Crippen molar-refractivity contribution >= 4 is 5.71 Å². The summed E-state index contributed by atoms with van der Waals surface area (Å²) in [5.41, 5.74) is 5.87. The van der Waals surface area contributed by atoms with Crippen LogP contribution in [0, 0.1) is 22.7 Å². The van der Waals surface area contributed by atoms with Crippen LogP contribution in [0.15, 0.2) is 40.1 Å². The van der Waals surface area contributed by atoms with E-state index in [1.807, 2.05) is 0 Å². The molecule has 186 valence electrons. The number of aliphatic hydroxyl groups is 2. The molecule has 0 radical (unpaired) electrons. The summed E-state index contributed by atoms with van der Waals surface area (Å²) in [5, 5.41) is 24.3. The Balaban J connectivity index is 1.64. The van der Waals surface area contributed by atoms with Gasteiger partial charge in [-0.05, 0) is 81.5 Å². The van der Waals surface area contributed by atoms with Crippen LogP contribution in [0.25, 0.3) is 0 Å². The summed E-state index contributed by atoms with van der Waals surface area (Å²) in [6.07, 6.45) is 16.3. The molecule has 3 aliphatic rings. The molecule has 3 rings (SSSR count). The molecule has 5 atom stereocenters. The molecular weight excluding hydrogens is 410 g/mol. The van der Waals surface area contributed by atoms with E-state index in [2.05, 4.69) is 58.0 Å². The second-order valence-electron chi connectivity index (χ2n) is 12.0. The highest BCUT2D eigenvalue weighted by Gasteiger charge is 2.45. The minimum atomic E-state index is -0.400. The van der Waals surface area contributed by atoms with Gasteiger partial charge in [0, 0.05) is 5.41 Å². The van der Waals surface area contributed by atoms with Crippen LogP contribution in [-0.4, -0.2) is 35.2 Å². The molecule has 0 aromatic heterocycles. The molecule has 0 unspecified atom stereocenters. The van der Waals surface area contributed by atoms with E-state index in [1.54, 1.807) is 18.3 Å². The van der Waals surface area contributed by atoms with Gasteiger partial charge in [0.15, 0.2) is 0 Å². The Morgan fingerprint density at radius 2 is 1.94 bits per heavy atom. The van der Waals surface area contributed by atoms with Gasteiger partial charge in [-0.2, -0.15) is 0 Å². The molecule has 33 heavy (non-hydrogen) atoms. The van der Waals surface area contributed by atoms with E-state index in [1.165, 1.54) is 31.3 Å². The van der Waals surface area contributed by atoms with Crippen LogP contribution in [0.1, 0.15) is 98.8 Å². The van der Waals surface area contributed by atoms with Gasteiger partial charge in [-0.1, -0.05) is 74.7 Å². The van der Waals surface area contributed by atoms with Crippen LogP contribution in [0.4, 0.5) is 0 Å². The third-order valence-corrected chi connectivity index (χ3v) is 8.33. The second-order valence-corrected chi connectivity index (χ2v) is 12.0. The molecule has 0 bridgehead atoms. The minimum Gasteiger partial charge on any atom is -0.399 e. The van der Waals surface area contributed by atoms with Gasteiger partial charge in [-0.15, -0.1) is 0 Å². The fraction of sp³-hybridized carbons (Fsp3) is 0.759. The largest absolute Gasteiger partial charge is 0.399 e. The van der Waals surface area contributed by atoms with Crippen LogP contribution in [0.3, 0.4) is 0 Å². The first-order chi connectivity index (χ1) is 15.5. The first-order valence-corrected chi connectivity index (χ1v) is 13.1. The number of rotatable bonds is 7. The maximum absolute atomic E-state index is 10.0. The topological polar surface area (TPSA) is 62.0 Å². The van der Waals surface area contributed by atoms with Gasteiger partial charge in [0.25, 0.3) is 0 Å². The lowest BCUT2D eigenvalue weighted by molar-refractivity contribution is 0.0609. The first-order valence-electron chi connectivity index (χ1n) is 13.1. The maximum Gasteiger partial charge on any atom is 0.106 e. The normalized spacial score (nSPS) is 33.0. The van der Waals surface area contributed by atoms with E-state index >= 15 is 0 Å². The van der Waals surface area contributed by atoms with Gasteiger partial charge < -0.3 is 15.1 Å². The van der Waals surface area contributed by atoms with Crippen LogP contribution in [-0.2, 0) is 4.84 Å². The number of hydrogen-bond acceptors (Lipinski definition) is 4. The Bertz CT molecular complexity index is 788. The van der Waals surface area contributed by atoms with Gasteiger partial charge in [0.2, 0.25) is 0 Å². The molecule has 0 amide bonds. The van der Waals surface area contributed by atoms with E-state index in [0.29, 0.717) is 31.1 Å². The SMILES string of the molecule is CO/N=C(/CCC[C@@H](C)C1=CC[C@H]2/C(=C/C=C3C[C@@H](O)C[C@H](O)C3)CCC[C@]12C)C(C)(C)C. The van der Waals surface area contributed by atoms with Crippen LogP contribution < -0.4 is 0 Å². The Morgan fingerprint density at radius 1 is 1.24 bits per heavy atom. The van der Waals surface area contributed by atoms with Gasteiger partial charge >= 0.3 is 0 Å². The van der Waals surface area contributed by atoms with Gasteiger partial charge in [0.05, 0.1) is 17.9 Å². The fourth-order valence-corrected chi connectivity index (χ4v) is 6.55. The number of aliphatic hydroxyl groups excluding tert-OH is 2. The number of hydrogen-bond donors (Lipinski definition) is 2. The molecular formula is C29H47NO3. The zero-order chi connectivity index (χ0) is 24.2. The molecule has 0 heterocycles. The summed E-state index contributed by atoms with van der Waals surface area (Å²) in [5.74, 6) is 1.18. The van der Waals surface area contributed by atoms with Crippen LogP contribution in [0.5, 0.6) is 0 Å². The Morgan fingerprint density at radius 3 is 2.58 bits per heavy atom. The smallest absolute Gasteiger partial charge is 0.106 e. The molecule has 0 spiro atoms. The molecule has 0 aromatic carbocycles. The predicted molar refractivity (Wildman–Crippen MR) is 137 cm³/mol. The van der Waals surface area contributed by atoms with Crippen molar-refractivity contribution in [2.75, 3.05) is 7.11 Å². The molecule has 2 saturated carbocycles. The Kier molecular flexibility index (Phi) is 8.66. The molecule has 4 heteroatoms. The summed E-state index contributed by atoms with van der Waals surface area (Å²) in [4.78, 5) is 5.10. The van der Waals surface area contributed by atoms with Gasteiger partial charge in [-0.3, -0.25) is 0 Å². The van der Waals surface area contributed by atoms with Crippen molar-refractivity contribution in [3.8, 4) is 0 Å². The number of oxime groups is 1. The van der Waals surface area contributed by atoms with Crippen LogP contribution in [0.2, 0.25) is 0 Å². The second kappa shape index (κ2) is 10.9. The predicted octanol–water partition coefficient (Wildman–Crippen LogP) is 6.74. The highest BCUT2D eigenvalue weighted by atomic mass is 16.6. The van der Waals surface area contributed by atoms with Crippen molar-refractivity contribution in [1.29, 1.82) is 0 Å². The van der Waals surface area contributed by atoms with E-state index in [0.717, 1.165) is 25.0 Å². The van der Waals surface area contributed by atoms with E-state index in [-0.39, 0.29) is 10.8 Å². The summed E-state index contributed by atoms with van der Waals surface area (Å²) >= 11 is 0. The third kappa shape index (κ3) is 6.39. The average molecular weight is 458 g/mol. The quantitative estimate of drug-likeness (QED) is 0.253. The highest BCUT2D eigenvalue weighted by Crippen LogP contribution is 2.57. The molecule has 2 fully saturated rings. The Labute approximate surface area is 201 Å². The Hall–Kier alpha value is -1.39. The fourth-order valence-electron chi connectivity index (χ4n) is 6.55. The summed E-state index contributed by atoms with van der Waals surface area (Å²) in [6, 6.07) is 0. The molecule has 4 nitrogen and oxygen atoms in total. The zero-order valence-corrected chi connectivity index (χ0v) is 21.9. The average Bonchev–Trinajstić information content (AvgIpc) is 3.07. The van der Waals surface area contributed by atoms with E-state index in [9.17, 15) is 10.2 Å². The molecule has 0 aromatic rings. The van der Waals surface area contributed by atoms with Crippen molar-refractivity contribution in [1.82, 2.24) is 0 Å². The summed E-state index contributed by atoms with van der Waals surface area (Å²) in [6.45, 7) is 11.5. The van der Waals surface area contributed by atoms with Crippen LogP contribution >= 0.6 is 0 Å². The highest BCUT2D eigenvalue weighted by molar-refractivity contribution is 5.88. The van der Waals surface area contributed by atoms with Crippen molar-refractivity contribution in [3.63, 3.8) is 0 Å². The molecule has 0 saturated heterocycles. The number of nitrogens with zero attached hydrogens (tertiary/aromatic N) is 1. The van der Waals surface area contributed by atoms with E-state index in [4.69, 9.17) is 4.84 Å². The third-order valence-electron chi connectivity index (χ3n) is 8.33. The van der Waals surface area contributed by atoms with Gasteiger partial charge in [0.1, 0.15) is 7.11 Å². The van der Waals surface area contributed by atoms with Gasteiger partial charge in [-0.25, -0.2) is 0 Å². The molecule has 0 aliphatic heterocycles. The number of allylic oxidation sites excluding steroid dienone is 5. The summed E-state index contributed by atoms with van der Waals surface area (Å²) < 4.78 is 0. The standard InChI is InChI=1S/C29H47NO3/c1-20(9-7-11-27(30-33-6)28(2,3)4)25-14-15-26-22(10-8-16-29(25,26)5)13-12-21-17-23(31)19-24(32)18-21/h12-14,20,23-24,26,31-32H,7-11,15-19H2,1-6H3/b22-13+,30-27-/t20-,23-,24-,26+,29-/m1/s1. The molecule has 2 N–H and O–H groups in total.